The van der Waals surface area contributed by atoms with E-state index < -0.39 is 0 Å². The molecule has 29 heavy (non-hydrogen) atoms. The zero-order valence-corrected chi connectivity index (χ0v) is 17.6. The number of nitrogens with zero attached hydrogens (tertiary/aromatic N) is 3. The molecule has 2 rings (SSSR count). The number of aliphatic imine (C=N–C) groups is 1. The summed E-state index contributed by atoms with van der Waals surface area (Å²) in [5, 5.41) is 6.31. The molecule has 0 atom stereocenters. The molecule has 0 saturated carbocycles. The third-order valence-corrected chi connectivity index (χ3v) is 4.33. The number of benzene rings is 1. The van der Waals surface area contributed by atoms with Crippen molar-refractivity contribution in [2.24, 2.45) is 4.99 Å². The van der Waals surface area contributed by atoms with Crippen LogP contribution in [0.5, 0.6) is 11.5 Å². The van der Waals surface area contributed by atoms with Crippen molar-refractivity contribution in [3.63, 3.8) is 0 Å². The molecular weight excluding hydrogens is 370 g/mol. The lowest BCUT2D eigenvalue weighted by Gasteiger charge is -2.14. The third-order valence-electron chi connectivity index (χ3n) is 4.33. The van der Waals surface area contributed by atoms with Crippen LogP contribution in [0.4, 0.5) is 17.5 Å². The lowest BCUT2D eigenvalue weighted by Crippen LogP contribution is -2.11. The monoisotopic (exact) mass is 401 g/mol. The van der Waals surface area contributed by atoms with Gasteiger partial charge in [0.15, 0.2) is 5.82 Å². The summed E-state index contributed by atoms with van der Waals surface area (Å²) >= 11 is 0. The molecule has 9 nitrogen and oxygen atoms in total. The number of hydrogen-bond donors (Lipinski definition) is 4. The van der Waals surface area contributed by atoms with E-state index in [1.54, 1.807) is 20.4 Å². The third kappa shape index (κ3) is 5.95. The minimum absolute atomic E-state index is 0.145. The maximum absolute atomic E-state index is 6.19. The average molecular weight is 402 g/mol. The van der Waals surface area contributed by atoms with Gasteiger partial charge in [0, 0.05) is 19.3 Å². The van der Waals surface area contributed by atoms with Gasteiger partial charge in [-0.05, 0) is 31.2 Å². The van der Waals surface area contributed by atoms with Crippen molar-refractivity contribution in [1.82, 2.24) is 15.3 Å². The number of unbranched alkanes of at least 4 members (excludes halogenated alkanes) is 1. The lowest BCUT2D eigenvalue weighted by atomic mass is 10.1. The minimum atomic E-state index is 0.145. The molecule has 6 N–H and O–H groups in total. The van der Waals surface area contributed by atoms with Gasteiger partial charge in [-0.3, -0.25) is 4.99 Å². The number of aromatic nitrogens is 2. The molecule has 2 aromatic rings. The van der Waals surface area contributed by atoms with E-state index in [-0.39, 0.29) is 5.95 Å². The highest BCUT2D eigenvalue weighted by Gasteiger charge is 2.13. The first kappa shape index (κ1) is 22.2. The highest BCUT2D eigenvalue weighted by atomic mass is 16.5. The maximum atomic E-state index is 6.19. The van der Waals surface area contributed by atoms with E-state index in [9.17, 15) is 0 Å². The summed E-state index contributed by atoms with van der Waals surface area (Å²) in [6, 6.07) is 3.94. The fraction of sp³-hybridized carbons (Fsp3) is 0.450. The van der Waals surface area contributed by atoms with Crippen LogP contribution in [0.1, 0.15) is 36.6 Å². The maximum Gasteiger partial charge on any atom is 0.222 e. The van der Waals surface area contributed by atoms with E-state index in [1.165, 1.54) is 0 Å². The van der Waals surface area contributed by atoms with Crippen molar-refractivity contribution < 1.29 is 9.47 Å². The molecule has 0 saturated heterocycles. The zero-order chi connectivity index (χ0) is 21.2. The lowest BCUT2D eigenvalue weighted by molar-refractivity contribution is 0.384. The van der Waals surface area contributed by atoms with Gasteiger partial charge in [-0.25, -0.2) is 4.98 Å². The number of rotatable bonds is 11. The standard InChI is InChI=1S/C20H31N7O2/c1-5-6-7-25-19-18(21)15(26-20(22)27-19)12-24-11-14-16(28-3)8-13(10-23-2)9-17(14)29-4/h8-9,12,23H,5-7,10-11,21H2,1-4H3,(H3,22,25,26,27). The predicted molar refractivity (Wildman–Crippen MR) is 118 cm³/mol. The van der Waals surface area contributed by atoms with Gasteiger partial charge in [0.25, 0.3) is 0 Å². The molecular formula is C20H31N7O2. The Morgan fingerprint density at radius 1 is 1.14 bits per heavy atom. The van der Waals surface area contributed by atoms with Crippen LogP contribution in [0, 0.1) is 0 Å². The van der Waals surface area contributed by atoms with Crippen LogP contribution >= 0.6 is 0 Å². The summed E-state index contributed by atoms with van der Waals surface area (Å²) in [6.07, 6.45) is 3.67. The molecule has 0 fully saturated rings. The molecule has 0 unspecified atom stereocenters. The molecule has 0 aliphatic rings. The molecule has 0 aliphatic carbocycles. The van der Waals surface area contributed by atoms with Crippen molar-refractivity contribution in [2.75, 3.05) is 44.6 Å². The first-order chi connectivity index (χ1) is 14.0. The van der Waals surface area contributed by atoms with Crippen LogP contribution in [-0.4, -0.2) is 44.0 Å². The van der Waals surface area contributed by atoms with Gasteiger partial charge < -0.3 is 31.6 Å². The molecule has 0 spiro atoms. The van der Waals surface area contributed by atoms with Crippen molar-refractivity contribution >= 4 is 23.7 Å². The number of nitrogens with two attached hydrogens (primary N) is 2. The largest absolute Gasteiger partial charge is 0.496 e. The Morgan fingerprint density at radius 3 is 2.41 bits per heavy atom. The SMILES string of the molecule is CCCCNc1nc(N)nc(C=NCc2c(OC)cc(CNC)cc2OC)c1N. The molecule has 0 radical (unpaired) electrons. The molecule has 0 bridgehead atoms. The molecule has 1 aromatic carbocycles. The summed E-state index contributed by atoms with van der Waals surface area (Å²) in [6.45, 7) is 3.93. The van der Waals surface area contributed by atoms with Crippen LogP contribution in [0.15, 0.2) is 17.1 Å². The van der Waals surface area contributed by atoms with Gasteiger partial charge >= 0.3 is 0 Å². The molecule has 0 aliphatic heterocycles. The summed E-state index contributed by atoms with van der Waals surface area (Å²) in [5.74, 6) is 2.10. The van der Waals surface area contributed by atoms with Crippen molar-refractivity contribution in [2.45, 2.75) is 32.9 Å². The topological polar surface area (TPSA) is 133 Å². The second-order valence-corrected chi connectivity index (χ2v) is 6.49. The summed E-state index contributed by atoms with van der Waals surface area (Å²) in [4.78, 5) is 12.9. The number of anilines is 3. The minimum Gasteiger partial charge on any atom is -0.496 e. The Hall–Kier alpha value is -3.07. The van der Waals surface area contributed by atoms with Crippen molar-refractivity contribution in [3.05, 3.63) is 29.0 Å². The Labute approximate surface area is 171 Å². The summed E-state index contributed by atoms with van der Waals surface area (Å²) in [7, 11) is 5.14. The van der Waals surface area contributed by atoms with Gasteiger partial charge in [0.05, 0.1) is 26.3 Å². The van der Waals surface area contributed by atoms with Gasteiger partial charge in [-0.1, -0.05) is 13.3 Å². The number of methoxy groups -OCH3 is 2. The number of nitrogens with one attached hydrogen (secondary N) is 2. The normalized spacial score (nSPS) is 11.0. The zero-order valence-electron chi connectivity index (χ0n) is 17.6. The van der Waals surface area contributed by atoms with E-state index in [0.717, 1.165) is 30.5 Å². The van der Waals surface area contributed by atoms with Crippen LogP contribution < -0.4 is 31.6 Å². The molecule has 9 heteroatoms. The molecule has 1 aromatic heterocycles. The van der Waals surface area contributed by atoms with Gasteiger partial charge in [0.2, 0.25) is 5.95 Å². The molecule has 1 heterocycles. The number of nitrogen functional groups attached to an aromatic ring is 2. The Bertz CT molecular complexity index is 815. The molecule has 0 amide bonds. The smallest absolute Gasteiger partial charge is 0.222 e. The number of hydrogen-bond acceptors (Lipinski definition) is 9. The van der Waals surface area contributed by atoms with E-state index in [1.807, 2.05) is 19.2 Å². The van der Waals surface area contributed by atoms with E-state index in [2.05, 4.69) is 32.5 Å². The predicted octanol–water partition coefficient (Wildman–Crippen LogP) is 2.21. The Kier molecular flexibility index (Phi) is 8.47. The van der Waals surface area contributed by atoms with Crippen molar-refractivity contribution in [1.29, 1.82) is 0 Å². The van der Waals surface area contributed by atoms with E-state index >= 15 is 0 Å². The van der Waals surface area contributed by atoms with Crippen LogP contribution in [0.25, 0.3) is 0 Å². The Balaban J connectivity index is 2.25. The second kappa shape index (κ2) is 11.1. The highest BCUT2D eigenvalue weighted by molar-refractivity contribution is 5.88. The van der Waals surface area contributed by atoms with Crippen LogP contribution in [-0.2, 0) is 13.1 Å². The highest BCUT2D eigenvalue weighted by Crippen LogP contribution is 2.31. The first-order valence-corrected chi connectivity index (χ1v) is 9.59. The van der Waals surface area contributed by atoms with Crippen LogP contribution in [0.2, 0.25) is 0 Å². The first-order valence-electron chi connectivity index (χ1n) is 9.59. The van der Waals surface area contributed by atoms with Crippen molar-refractivity contribution in [3.8, 4) is 11.5 Å². The average Bonchev–Trinajstić information content (AvgIpc) is 2.71. The fourth-order valence-electron chi connectivity index (χ4n) is 2.85. The van der Waals surface area contributed by atoms with Gasteiger partial charge in [0.1, 0.15) is 22.9 Å². The van der Waals surface area contributed by atoms with Gasteiger partial charge in [-0.2, -0.15) is 4.98 Å². The molecule has 158 valence electrons. The quantitative estimate of drug-likeness (QED) is 0.333. The summed E-state index contributed by atoms with van der Waals surface area (Å²) < 4.78 is 11.1. The Morgan fingerprint density at radius 2 is 1.83 bits per heavy atom. The van der Waals surface area contributed by atoms with E-state index in [4.69, 9.17) is 20.9 Å². The fourth-order valence-corrected chi connectivity index (χ4v) is 2.85. The summed E-state index contributed by atoms with van der Waals surface area (Å²) in [5.41, 5.74) is 14.8. The number of ether oxygens (including phenoxy) is 2. The van der Waals surface area contributed by atoms with Gasteiger partial charge in [-0.15, -0.1) is 0 Å². The second-order valence-electron chi connectivity index (χ2n) is 6.49. The van der Waals surface area contributed by atoms with E-state index in [0.29, 0.717) is 41.8 Å². The van der Waals surface area contributed by atoms with Crippen LogP contribution in [0.3, 0.4) is 0 Å².